The summed E-state index contributed by atoms with van der Waals surface area (Å²) in [6.45, 7) is 6.66. The van der Waals surface area contributed by atoms with Crippen LogP contribution < -0.4 is 0 Å². The van der Waals surface area contributed by atoms with E-state index >= 15 is 0 Å². The lowest BCUT2D eigenvalue weighted by molar-refractivity contribution is 0.215. The maximum atomic E-state index is 6.16. The molecule has 0 amide bonds. The van der Waals surface area contributed by atoms with Gasteiger partial charge in [0, 0.05) is 30.5 Å². The van der Waals surface area contributed by atoms with E-state index in [2.05, 4.69) is 28.8 Å². The number of likely N-dealkylation sites (tertiary alicyclic amines) is 1. The summed E-state index contributed by atoms with van der Waals surface area (Å²) < 4.78 is 0. The summed E-state index contributed by atoms with van der Waals surface area (Å²) in [5.41, 5.74) is 0.972. The van der Waals surface area contributed by atoms with Crippen molar-refractivity contribution in [3.05, 3.63) is 28.0 Å². The van der Waals surface area contributed by atoms with Gasteiger partial charge in [-0.15, -0.1) is 0 Å². The second kappa shape index (κ2) is 7.60. The van der Waals surface area contributed by atoms with E-state index in [1.54, 1.807) is 12.4 Å². The summed E-state index contributed by atoms with van der Waals surface area (Å²) in [5, 5.41) is 1.30. The standard InChI is InChI=1S/C15H23Cl2N3/c1-12(20-6-3-4-7-20)5-8-19(2)11-13-14(16)9-18-10-15(13)17/h9-10,12H,3-8,11H2,1-2H3. The van der Waals surface area contributed by atoms with Gasteiger partial charge in [0.1, 0.15) is 0 Å². The molecule has 5 heteroatoms. The molecule has 1 aliphatic heterocycles. The molecule has 1 aliphatic rings. The van der Waals surface area contributed by atoms with Crippen LogP contribution in [0.25, 0.3) is 0 Å². The zero-order valence-electron chi connectivity index (χ0n) is 12.3. The predicted molar refractivity (Wildman–Crippen MR) is 85.5 cm³/mol. The molecule has 1 saturated heterocycles. The third-order valence-corrected chi connectivity index (χ3v) is 4.72. The molecule has 0 saturated carbocycles. The minimum absolute atomic E-state index is 0.650. The number of rotatable bonds is 6. The molecular formula is C15H23Cl2N3. The molecule has 1 fully saturated rings. The first-order valence-electron chi connectivity index (χ1n) is 7.28. The minimum atomic E-state index is 0.650. The number of hydrogen-bond acceptors (Lipinski definition) is 3. The van der Waals surface area contributed by atoms with Gasteiger partial charge in [-0.1, -0.05) is 23.2 Å². The van der Waals surface area contributed by atoms with E-state index in [1.165, 1.54) is 32.4 Å². The summed E-state index contributed by atoms with van der Waals surface area (Å²) in [4.78, 5) is 8.85. The Morgan fingerprint density at radius 3 is 2.45 bits per heavy atom. The number of nitrogens with zero attached hydrogens (tertiary/aromatic N) is 3. The number of pyridine rings is 1. The van der Waals surface area contributed by atoms with Gasteiger partial charge in [-0.2, -0.15) is 0 Å². The van der Waals surface area contributed by atoms with Crippen molar-refractivity contribution in [1.82, 2.24) is 14.8 Å². The molecule has 0 radical (unpaired) electrons. The van der Waals surface area contributed by atoms with Crippen molar-refractivity contribution in [3.8, 4) is 0 Å². The lowest BCUT2D eigenvalue weighted by Crippen LogP contribution is -2.33. The van der Waals surface area contributed by atoms with Crippen LogP contribution in [0.1, 0.15) is 31.7 Å². The van der Waals surface area contributed by atoms with Crippen molar-refractivity contribution in [2.75, 3.05) is 26.7 Å². The zero-order valence-corrected chi connectivity index (χ0v) is 13.8. The Bertz CT molecular complexity index is 413. The molecule has 0 aliphatic carbocycles. The number of hydrogen-bond donors (Lipinski definition) is 0. The highest BCUT2D eigenvalue weighted by atomic mass is 35.5. The van der Waals surface area contributed by atoms with E-state index in [0.29, 0.717) is 16.1 Å². The van der Waals surface area contributed by atoms with Crippen LogP contribution in [0.3, 0.4) is 0 Å². The van der Waals surface area contributed by atoms with Crippen molar-refractivity contribution >= 4 is 23.2 Å². The van der Waals surface area contributed by atoms with Gasteiger partial charge in [-0.05, 0) is 52.9 Å². The normalized spacial score (nSPS) is 17.9. The maximum Gasteiger partial charge on any atom is 0.0649 e. The van der Waals surface area contributed by atoms with Crippen LogP contribution in [0.15, 0.2) is 12.4 Å². The topological polar surface area (TPSA) is 19.4 Å². The molecule has 2 heterocycles. The van der Waals surface area contributed by atoms with Crippen LogP contribution in [0.5, 0.6) is 0 Å². The third-order valence-electron chi connectivity index (χ3n) is 4.07. The molecular weight excluding hydrogens is 293 g/mol. The Kier molecular flexibility index (Phi) is 6.09. The van der Waals surface area contributed by atoms with E-state index in [4.69, 9.17) is 23.2 Å². The zero-order chi connectivity index (χ0) is 14.5. The van der Waals surface area contributed by atoms with Gasteiger partial charge in [0.15, 0.2) is 0 Å². The van der Waals surface area contributed by atoms with Gasteiger partial charge in [-0.3, -0.25) is 4.98 Å². The van der Waals surface area contributed by atoms with Gasteiger partial charge in [-0.25, -0.2) is 0 Å². The minimum Gasteiger partial charge on any atom is -0.302 e. The molecule has 0 spiro atoms. The van der Waals surface area contributed by atoms with Crippen LogP contribution in [0.4, 0.5) is 0 Å². The van der Waals surface area contributed by atoms with Gasteiger partial charge in [0.05, 0.1) is 10.0 Å². The average Bonchev–Trinajstić information content (AvgIpc) is 2.94. The smallest absolute Gasteiger partial charge is 0.0649 e. The van der Waals surface area contributed by atoms with Gasteiger partial charge in [0.2, 0.25) is 0 Å². The molecule has 2 rings (SSSR count). The van der Waals surface area contributed by atoms with Crippen molar-refractivity contribution in [2.45, 2.75) is 38.8 Å². The van der Waals surface area contributed by atoms with Crippen LogP contribution in [-0.2, 0) is 6.54 Å². The lowest BCUT2D eigenvalue weighted by Gasteiger charge is -2.26. The maximum absolute atomic E-state index is 6.16. The monoisotopic (exact) mass is 315 g/mol. The fraction of sp³-hybridized carbons (Fsp3) is 0.667. The molecule has 0 bridgehead atoms. The highest BCUT2D eigenvalue weighted by Gasteiger charge is 2.18. The SMILES string of the molecule is CC(CCN(C)Cc1c(Cl)cncc1Cl)N1CCCC1. The predicted octanol–water partition coefficient (Wildman–Crippen LogP) is 3.69. The van der Waals surface area contributed by atoms with Crippen LogP contribution in [0.2, 0.25) is 10.0 Å². The summed E-state index contributed by atoms with van der Waals surface area (Å²) in [5.74, 6) is 0. The molecule has 3 nitrogen and oxygen atoms in total. The molecule has 1 aromatic rings. The molecule has 20 heavy (non-hydrogen) atoms. The Balaban J connectivity index is 1.81. The van der Waals surface area contributed by atoms with E-state index in [-0.39, 0.29) is 0 Å². The van der Waals surface area contributed by atoms with Crippen molar-refractivity contribution < 1.29 is 0 Å². The van der Waals surface area contributed by atoms with Crippen LogP contribution >= 0.6 is 23.2 Å². The van der Waals surface area contributed by atoms with Gasteiger partial charge >= 0.3 is 0 Å². The first kappa shape index (κ1) is 16.0. The molecule has 1 atom stereocenters. The lowest BCUT2D eigenvalue weighted by atomic mass is 10.2. The quantitative estimate of drug-likeness (QED) is 0.798. The Labute approximate surface area is 131 Å². The fourth-order valence-electron chi connectivity index (χ4n) is 2.71. The Hall–Kier alpha value is -0.350. The molecule has 0 aromatic carbocycles. The average molecular weight is 316 g/mol. The van der Waals surface area contributed by atoms with E-state index in [0.717, 1.165) is 18.7 Å². The molecule has 1 unspecified atom stereocenters. The highest BCUT2D eigenvalue weighted by molar-refractivity contribution is 6.35. The highest BCUT2D eigenvalue weighted by Crippen LogP contribution is 2.24. The van der Waals surface area contributed by atoms with Crippen LogP contribution in [0, 0.1) is 0 Å². The number of aromatic nitrogens is 1. The van der Waals surface area contributed by atoms with Gasteiger partial charge in [0.25, 0.3) is 0 Å². The van der Waals surface area contributed by atoms with Crippen molar-refractivity contribution in [3.63, 3.8) is 0 Å². The second-order valence-corrected chi connectivity index (χ2v) is 6.51. The largest absolute Gasteiger partial charge is 0.302 e. The van der Waals surface area contributed by atoms with Crippen molar-refractivity contribution in [1.29, 1.82) is 0 Å². The van der Waals surface area contributed by atoms with E-state index in [1.807, 2.05) is 0 Å². The first-order valence-corrected chi connectivity index (χ1v) is 8.04. The summed E-state index contributed by atoms with van der Waals surface area (Å²) in [6.07, 6.45) is 7.19. The third kappa shape index (κ3) is 4.32. The Morgan fingerprint density at radius 2 is 1.85 bits per heavy atom. The van der Waals surface area contributed by atoms with E-state index < -0.39 is 0 Å². The summed E-state index contributed by atoms with van der Waals surface area (Å²) >= 11 is 12.3. The fourth-order valence-corrected chi connectivity index (χ4v) is 3.19. The first-order chi connectivity index (χ1) is 9.58. The van der Waals surface area contributed by atoms with Crippen molar-refractivity contribution in [2.24, 2.45) is 0 Å². The van der Waals surface area contributed by atoms with E-state index in [9.17, 15) is 0 Å². The summed E-state index contributed by atoms with van der Waals surface area (Å²) in [7, 11) is 2.11. The molecule has 112 valence electrons. The molecule has 0 N–H and O–H groups in total. The van der Waals surface area contributed by atoms with Gasteiger partial charge < -0.3 is 9.80 Å². The second-order valence-electron chi connectivity index (χ2n) is 5.70. The summed E-state index contributed by atoms with van der Waals surface area (Å²) in [6, 6.07) is 0.656. The Morgan fingerprint density at radius 1 is 1.25 bits per heavy atom. The molecule has 1 aromatic heterocycles. The van der Waals surface area contributed by atoms with Crippen LogP contribution in [-0.4, -0.2) is 47.5 Å². The number of halogens is 2.